The maximum Gasteiger partial charge on any atom is 0.255 e. The van der Waals surface area contributed by atoms with Crippen LogP contribution >= 0.6 is 0 Å². The molecule has 0 aliphatic rings. The van der Waals surface area contributed by atoms with Crippen LogP contribution in [0.25, 0.3) is 0 Å². The van der Waals surface area contributed by atoms with Crippen LogP contribution in [0, 0.1) is 12.7 Å². The van der Waals surface area contributed by atoms with Gasteiger partial charge in [-0.1, -0.05) is 25.1 Å². The number of benzene rings is 3. The molecule has 34 heavy (non-hydrogen) atoms. The average Bonchev–Trinajstić information content (AvgIpc) is 2.79. The SMILES string of the molecule is CCOc1ccc(C(=O)Nc2c(C)cccc2CC)cc1CN(c1ccc(F)cc1)S(C)(=O)=O. The van der Waals surface area contributed by atoms with E-state index >= 15 is 0 Å². The van der Waals surface area contributed by atoms with Gasteiger partial charge in [0.1, 0.15) is 11.6 Å². The smallest absolute Gasteiger partial charge is 0.255 e. The molecule has 0 heterocycles. The second kappa shape index (κ2) is 10.7. The minimum atomic E-state index is -3.70. The van der Waals surface area contributed by atoms with Crippen LogP contribution in [0.2, 0.25) is 0 Å². The van der Waals surface area contributed by atoms with Crippen molar-refractivity contribution in [2.75, 3.05) is 22.5 Å². The van der Waals surface area contributed by atoms with Crippen molar-refractivity contribution in [2.45, 2.75) is 33.7 Å². The highest BCUT2D eigenvalue weighted by Crippen LogP contribution is 2.28. The lowest BCUT2D eigenvalue weighted by molar-refractivity contribution is 0.102. The fourth-order valence-electron chi connectivity index (χ4n) is 3.69. The fourth-order valence-corrected chi connectivity index (χ4v) is 4.57. The summed E-state index contributed by atoms with van der Waals surface area (Å²) >= 11 is 0. The summed E-state index contributed by atoms with van der Waals surface area (Å²) in [4.78, 5) is 13.1. The molecule has 1 amide bonds. The number of ether oxygens (including phenoxy) is 1. The Bertz CT molecular complexity index is 1270. The molecule has 8 heteroatoms. The van der Waals surface area contributed by atoms with Gasteiger partial charge in [-0.05, 0) is 73.9 Å². The molecule has 3 aromatic carbocycles. The highest BCUT2D eigenvalue weighted by Gasteiger charge is 2.21. The average molecular weight is 485 g/mol. The predicted molar refractivity (Wildman–Crippen MR) is 134 cm³/mol. The number of carbonyl (C=O) groups is 1. The van der Waals surface area contributed by atoms with Crippen LogP contribution in [0.3, 0.4) is 0 Å². The quantitative estimate of drug-likeness (QED) is 0.446. The monoisotopic (exact) mass is 484 g/mol. The first-order valence-corrected chi connectivity index (χ1v) is 12.9. The summed E-state index contributed by atoms with van der Waals surface area (Å²) in [6.07, 6.45) is 1.85. The number of hydrogen-bond acceptors (Lipinski definition) is 4. The Balaban J connectivity index is 1.98. The molecule has 3 aromatic rings. The Kier molecular flexibility index (Phi) is 7.94. The van der Waals surface area contributed by atoms with Gasteiger partial charge in [0.25, 0.3) is 5.91 Å². The topological polar surface area (TPSA) is 75.7 Å². The van der Waals surface area contributed by atoms with E-state index in [0.717, 1.165) is 33.8 Å². The van der Waals surface area contributed by atoms with E-state index in [0.29, 0.717) is 29.2 Å². The maximum absolute atomic E-state index is 13.4. The van der Waals surface area contributed by atoms with E-state index in [9.17, 15) is 17.6 Å². The summed E-state index contributed by atoms with van der Waals surface area (Å²) in [5.41, 5.74) is 3.96. The molecule has 0 fully saturated rings. The van der Waals surface area contributed by atoms with Crippen molar-refractivity contribution < 1.29 is 22.3 Å². The first-order valence-electron chi connectivity index (χ1n) is 11.0. The van der Waals surface area contributed by atoms with Gasteiger partial charge in [-0.15, -0.1) is 0 Å². The van der Waals surface area contributed by atoms with Crippen LogP contribution in [0.4, 0.5) is 15.8 Å². The van der Waals surface area contributed by atoms with E-state index in [1.54, 1.807) is 18.2 Å². The first-order chi connectivity index (χ1) is 16.1. The normalized spacial score (nSPS) is 11.2. The number of rotatable bonds is 9. The van der Waals surface area contributed by atoms with Crippen LogP contribution in [0.15, 0.2) is 60.7 Å². The molecule has 0 radical (unpaired) electrons. The van der Waals surface area contributed by atoms with Crippen molar-refractivity contribution in [1.29, 1.82) is 0 Å². The van der Waals surface area contributed by atoms with Gasteiger partial charge >= 0.3 is 0 Å². The standard InChI is InChI=1S/C26H29FN2O4S/c1-5-19-9-7-8-18(3)25(19)28-26(30)20-10-15-24(33-6-2)21(16-20)17-29(34(4,31)32)23-13-11-22(27)12-14-23/h7-16H,5-6,17H2,1-4H3,(H,28,30). The molecule has 0 atom stereocenters. The number of sulfonamides is 1. The number of halogens is 1. The number of carbonyl (C=O) groups excluding carboxylic acids is 1. The van der Waals surface area contributed by atoms with E-state index < -0.39 is 15.8 Å². The Morgan fingerprint density at radius 3 is 2.35 bits per heavy atom. The Morgan fingerprint density at radius 2 is 1.74 bits per heavy atom. The van der Waals surface area contributed by atoms with Gasteiger partial charge < -0.3 is 10.1 Å². The van der Waals surface area contributed by atoms with E-state index in [4.69, 9.17) is 4.74 Å². The van der Waals surface area contributed by atoms with E-state index in [1.165, 1.54) is 24.3 Å². The molecule has 0 saturated heterocycles. The number of amides is 1. The summed E-state index contributed by atoms with van der Waals surface area (Å²) in [5.74, 6) is -0.297. The van der Waals surface area contributed by atoms with Gasteiger partial charge in [0, 0.05) is 16.8 Å². The third-order valence-corrected chi connectivity index (χ3v) is 6.57. The Labute approximate surface area is 200 Å². The third kappa shape index (κ3) is 5.94. The molecule has 180 valence electrons. The molecule has 0 spiro atoms. The van der Waals surface area contributed by atoms with Crippen molar-refractivity contribution in [3.63, 3.8) is 0 Å². The van der Waals surface area contributed by atoms with Crippen molar-refractivity contribution in [2.24, 2.45) is 0 Å². The fraction of sp³-hybridized carbons (Fsp3) is 0.269. The molecule has 1 N–H and O–H groups in total. The number of para-hydroxylation sites is 1. The van der Waals surface area contributed by atoms with Crippen LogP contribution in [-0.4, -0.2) is 27.2 Å². The van der Waals surface area contributed by atoms with Crippen LogP contribution in [0.1, 0.15) is 40.9 Å². The lowest BCUT2D eigenvalue weighted by atomic mass is 10.0. The highest BCUT2D eigenvalue weighted by molar-refractivity contribution is 7.92. The predicted octanol–water partition coefficient (Wildman–Crippen LogP) is 5.31. The summed E-state index contributed by atoms with van der Waals surface area (Å²) in [6, 6.07) is 16.0. The van der Waals surface area contributed by atoms with E-state index in [-0.39, 0.29) is 12.5 Å². The second-order valence-corrected chi connectivity index (χ2v) is 9.83. The lowest BCUT2D eigenvalue weighted by Gasteiger charge is -2.24. The number of nitrogens with zero attached hydrogens (tertiary/aromatic N) is 1. The Morgan fingerprint density at radius 1 is 1.03 bits per heavy atom. The molecule has 0 saturated carbocycles. The van der Waals surface area contributed by atoms with Gasteiger partial charge in [-0.3, -0.25) is 9.10 Å². The lowest BCUT2D eigenvalue weighted by Crippen LogP contribution is -2.29. The van der Waals surface area contributed by atoms with Gasteiger partial charge in [-0.25, -0.2) is 12.8 Å². The molecule has 0 bridgehead atoms. The third-order valence-electron chi connectivity index (χ3n) is 5.43. The number of hydrogen-bond donors (Lipinski definition) is 1. The largest absolute Gasteiger partial charge is 0.494 e. The molecule has 0 aliphatic heterocycles. The van der Waals surface area contributed by atoms with Gasteiger partial charge in [0.15, 0.2) is 0 Å². The first kappa shape index (κ1) is 25.2. The molecular weight excluding hydrogens is 455 g/mol. The van der Waals surface area contributed by atoms with Crippen molar-refractivity contribution in [3.8, 4) is 5.75 Å². The molecule has 3 rings (SSSR count). The van der Waals surface area contributed by atoms with Gasteiger partial charge in [0.2, 0.25) is 10.0 Å². The van der Waals surface area contributed by atoms with Crippen LogP contribution in [-0.2, 0) is 23.0 Å². The zero-order chi connectivity index (χ0) is 24.9. The molecular formula is C26H29FN2O4S. The number of anilines is 2. The number of aryl methyl sites for hydroxylation is 2. The number of nitrogens with one attached hydrogen (secondary N) is 1. The summed E-state index contributed by atoms with van der Waals surface area (Å²) in [6.45, 7) is 6.07. The maximum atomic E-state index is 13.4. The van der Waals surface area contributed by atoms with E-state index in [1.807, 2.05) is 39.0 Å². The highest BCUT2D eigenvalue weighted by atomic mass is 32.2. The van der Waals surface area contributed by atoms with E-state index in [2.05, 4.69) is 5.32 Å². The van der Waals surface area contributed by atoms with Crippen LogP contribution in [0.5, 0.6) is 5.75 Å². The minimum absolute atomic E-state index is 0.0779. The van der Waals surface area contributed by atoms with Crippen molar-refractivity contribution in [3.05, 3.63) is 88.7 Å². The Hall–Kier alpha value is -3.39. The second-order valence-electron chi connectivity index (χ2n) is 7.92. The van der Waals surface area contributed by atoms with Gasteiger partial charge in [0.05, 0.1) is 25.1 Å². The zero-order valence-electron chi connectivity index (χ0n) is 19.8. The zero-order valence-corrected chi connectivity index (χ0v) is 20.6. The summed E-state index contributed by atoms with van der Waals surface area (Å²) in [7, 11) is -3.70. The molecule has 6 nitrogen and oxygen atoms in total. The van der Waals surface area contributed by atoms with Gasteiger partial charge in [-0.2, -0.15) is 0 Å². The molecule has 0 unspecified atom stereocenters. The van der Waals surface area contributed by atoms with Crippen LogP contribution < -0.4 is 14.4 Å². The van der Waals surface area contributed by atoms with Crippen molar-refractivity contribution >= 4 is 27.3 Å². The molecule has 0 aliphatic carbocycles. The minimum Gasteiger partial charge on any atom is -0.494 e. The summed E-state index contributed by atoms with van der Waals surface area (Å²) in [5, 5.41) is 2.99. The molecule has 0 aromatic heterocycles. The summed E-state index contributed by atoms with van der Waals surface area (Å²) < 4.78 is 45.4. The van der Waals surface area contributed by atoms with Crippen molar-refractivity contribution in [1.82, 2.24) is 0 Å².